The first-order chi connectivity index (χ1) is 3.80. The smallest absolute Gasteiger partial charge is 0.0927 e. The van der Waals surface area contributed by atoms with Crippen LogP contribution in [0.2, 0.25) is 0 Å². The molecule has 0 spiro atoms. The van der Waals surface area contributed by atoms with Crippen molar-refractivity contribution in [2.75, 3.05) is 0 Å². The molecule has 0 aliphatic heterocycles. The molecule has 0 saturated carbocycles. The van der Waals surface area contributed by atoms with E-state index in [1.807, 2.05) is 13.1 Å². The SMILES string of the molecule is C=C(C)c1c[nH]cn1. The van der Waals surface area contributed by atoms with E-state index in [2.05, 4.69) is 16.5 Å². The van der Waals surface area contributed by atoms with E-state index in [-0.39, 0.29) is 0 Å². The molecule has 1 rings (SSSR count). The predicted molar refractivity (Wildman–Crippen MR) is 33.3 cm³/mol. The van der Waals surface area contributed by atoms with Crippen LogP contribution in [0.1, 0.15) is 12.6 Å². The minimum atomic E-state index is 0.935. The van der Waals surface area contributed by atoms with Crippen LogP contribution in [-0.4, -0.2) is 9.97 Å². The van der Waals surface area contributed by atoms with E-state index in [1.165, 1.54) is 0 Å². The van der Waals surface area contributed by atoms with Gasteiger partial charge < -0.3 is 4.98 Å². The van der Waals surface area contributed by atoms with Crippen molar-refractivity contribution in [3.63, 3.8) is 0 Å². The molecule has 0 aliphatic rings. The maximum atomic E-state index is 3.96. The van der Waals surface area contributed by atoms with Gasteiger partial charge >= 0.3 is 0 Å². The lowest BCUT2D eigenvalue weighted by Gasteiger charge is -1.85. The van der Waals surface area contributed by atoms with Crippen molar-refractivity contribution in [2.45, 2.75) is 6.92 Å². The molecule has 0 bridgehead atoms. The highest BCUT2D eigenvalue weighted by Crippen LogP contribution is 2.03. The summed E-state index contributed by atoms with van der Waals surface area (Å²) in [6.45, 7) is 5.64. The summed E-state index contributed by atoms with van der Waals surface area (Å²) in [6, 6.07) is 0. The van der Waals surface area contributed by atoms with E-state index in [0.29, 0.717) is 0 Å². The molecule has 0 unspecified atom stereocenters. The summed E-state index contributed by atoms with van der Waals surface area (Å²) in [4.78, 5) is 6.80. The van der Waals surface area contributed by atoms with Gasteiger partial charge in [-0.25, -0.2) is 4.98 Å². The highest BCUT2D eigenvalue weighted by atomic mass is 14.9. The number of nitrogens with zero attached hydrogens (tertiary/aromatic N) is 1. The standard InChI is InChI=1S/C6H8N2/c1-5(2)6-3-7-4-8-6/h3-4H,1H2,2H3,(H,7,8). The number of aromatic amines is 1. The number of aromatic nitrogens is 2. The van der Waals surface area contributed by atoms with E-state index in [9.17, 15) is 0 Å². The lowest BCUT2D eigenvalue weighted by atomic mass is 10.3. The third-order valence-electron chi connectivity index (χ3n) is 0.935. The molecule has 2 heteroatoms. The van der Waals surface area contributed by atoms with Gasteiger partial charge in [-0.1, -0.05) is 6.58 Å². The molecule has 0 fully saturated rings. The summed E-state index contributed by atoms with van der Waals surface area (Å²) in [5, 5.41) is 0. The molecule has 0 atom stereocenters. The van der Waals surface area contributed by atoms with Gasteiger partial charge in [-0.05, 0) is 12.5 Å². The summed E-state index contributed by atoms with van der Waals surface area (Å²) in [7, 11) is 0. The van der Waals surface area contributed by atoms with Crippen LogP contribution >= 0.6 is 0 Å². The Balaban J connectivity index is 2.93. The first kappa shape index (κ1) is 5.09. The Hall–Kier alpha value is -1.05. The van der Waals surface area contributed by atoms with E-state index in [1.54, 1.807) is 6.33 Å². The number of H-pyrrole nitrogens is 1. The molecule has 0 aliphatic carbocycles. The second kappa shape index (κ2) is 1.82. The van der Waals surface area contributed by atoms with Crippen molar-refractivity contribution in [3.05, 3.63) is 24.8 Å². The highest BCUT2D eigenvalue weighted by Gasteiger charge is 1.89. The fourth-order valence-electron chi connectivity index (χ4n) is 0.494. The van der Waals surface area contributed by atoms with Gasteiger partial charge in [0.25, 0.3) is 0 Å². The van der Waals surface area contributed by atoms with Crippen LogP contribution in [0.3, 0.4) is 0 Å². The number of hydrogen-bond donors (Lipinski definition) is 1. The molecule has 0 aromatic carbocycles. The fourth-order valence-corrected chi connectivity index (χ4v) is 0.494. The third kappa shape index (κ3) is 0.780. The molecule has 8 heavy (non-hydrogen) atoms. The zero-order valence-corrected chi connectivity index (χ0v) is 4.81. The Labute approximate surface area is 48.3 Å². The predicted octanol–water partition coefficient (Wildman–Crippen LogP) is 1.44. The topological polar surface area (TPSA) is 28.7 Å². The lowest BCUT2D eigenvalue weighted by Crippen LogP contribution is -1.72. The van der Waals surface area contributed by atoms with E-state index < -0.39 is 0 Å². The van der Waals surface area contributed by atoms with E-state index in [0.717, 1.165) is 11.3 Å². The van der Waals surface area contributed by atoms with E-state index >= 15 is 0 Å². The molecule has 0 radical (unpaired) electrons. The van der Waals surface area contributed by atoms with Crippen LogP contribution < -0.4 is 0 Å². The van der Waals surface area contributed by atoms with Crippen LogP contribution in [0, 0.1) is 0 Å². The second-order valence-electron chi connectivity index (χ2n) is 1.73. The third-order valence-corrected chi connectivity index (χ3v) is 0.935. The molecule has 0 amide bonds. The van der Waals surface area contributed by atoms with Crippen molar-refractivity contribution in [3.8, 4) is 0 Å². The van der Waals surface area contributed by atoms with Gasteiger partial charge in [-0.3, -0.25) is 0 Å². The van der Waals surface area contributed by atoms with Crippen LogP contribution in [0.5, 0.6) is 0 Å². The van der Waals surface area contributed by atoms with Crippen molar-refractivity contribution >= 4 is 5.57 Å². The van der Waals surface area contributed by atoms with Crippen molar-refractivity contribution in [1.82, 2.24) is 9.97 Å². The lowest BCUT2D eigenvalue weighted by molar-refractivity contribution is 1.30. The number of hydrogen-bond acceptors (Lipinski definition) is 1. The summed E-state index contributed by atoms with van der Waals surface area (Å²) in [5.41, 5.74) is 1.93. The zero-order valence-electron chi connectivity index (χ0n) is 4.81. The monoisotopic (exact) mass is 108 g/mol. The maximum Gasteiger partial charge on any atom is 0.0927 e. The number of nitrogens with one attached hydrogen (secondary N) is 1. The summed E-state index contributed by atoms with van der Waals surface area (Å²) in [6.07, 6.45) is 3.46. The largest absolute Gasteiger partial charge is 0.351 e. The quantitative estimate of drug-likeness (QED) is 0.579. The molecule has 1 aromatic heterocycles. The number of rotatable bonds is 1. The van der Waals surface area contributed by atoms with Crippen LogP contribution in [0.4, 0.5) is 0 Å². The van der Waals surface area contributed by atoms with Crippen molar-refractivity contribution in [1.29, 1.82) is 0 Å². The average Bonchev–Trinajstić information content (AvgIpc) is 2.12. The minimum absolute atomic E-state index is 0.935. The van der Waals surface area contributed by atoms with Crippen LogP contribution in [0.25, 0.3) is 5.57 Å². The Morgan fingerprint density at radius 1 is 1.88 bits per heavy atom. The Morgan fingerprint density at radius 3 is 2.88 bits per heavy atom. The normalized spacial score (nSPS) is 9.12. The first-order valence-corrected chi connectivity index (χ1v) is 2.45. The Morgan fingerprint density at radius 2 is 2.62 bits per heavy atom. The molecule has 42 valence electrons. The van der Waals surface area contributed by atoms with Gasteiger partial charge in [0.1, 0.15) is 0 Å². The van der Waals surface area contributed by atoms with Crippen LogP contribution in [-0.2, 0) is 0 Å². The maximum absolute atomic E-state index is 3.96. The summed E-state index contributed by atoms with van der Waals surface area (Å²) >= 11 is 0. The molecule has 1 N–H and O–H groups in total. The molecule has 0 saturated heterocycles. The number of allylic oxidation sites excluding steroid dienone is 1. The van der Waals surface area contributed by atoms with Crippen molar-refractivity contribution in [2.24, 2.45) is 0 Å². The van der Waals surface area contributed by atoms with Gasteiger partial charge in [0.2, 0.25) is 0 Å². The fraction of sp³-hybridized carbons (Fsp3) is 0.167. The average molecular weight is 108 g/mol. The van der Waals surface area contributed by atoms with Gasteiger partial charge in [-0.2, -0.15) is 0 Å². The van der Waals surface area contributed by atoms with Crippen LogP contribution in [0.15, 0.2) is 19.1 Å². The van der Waals surface area contributed by atoms with Gasteiger partial charge in [0.15, 0.2) is 0 Å². The van der Waals surface area contributed by atoms with Crippen molar-refractivity contribution < 1.29 is 0 Å². The number of imidazole rings is 1. The second-order valence-corrected chi connectivity index (χ2v) is 1.73. The van der Waals surface area contributed by atoms with Gasteiger partial charge in [0.05, 0.1) is 12.0 Å². The van der Waals surface area contributed by atoms with E-state index in [4.69, 9.17) is 0 Å². The Bertz CT molecular complexity index is 174. The molecule has 1 heterocycles. The summed E-state index contributed by atoms with van der Waals surface area (Å²) in [5.74, 6) is 0. The van der Waals surface area contributed by atoms with Gasteiger partial charge in [-0.15, -0.1) is 0 Å². The molecule has 1 aromatic rings. The first-order valence-electron chi connectivity index (χ1n) is 2.45. The molecular weight excluding hydrogens is 100 g/mol. The zero-order chi connectivity index (χ0) is 5.98. The summed E-state index contributed by atoms with van der Waals surface area (Å²) < 4.78 is 0. The Kier molecular flexibility index (Phi) is 1.16. The molecule has 2 nitrogen and oxygen atoms in total. The van der Waals surface area contributed by atoms with Gasteiger partial charge in [0, 0.05) is 6.20 Å². The minimum Gasteiger partial charge on any atom is -0.351 e. The molecular formula is C6H8N2. The highest BCUT2D eigenvalue weighted by molar-refractivity contribution is 5.56.